The number of anilines is 1. The van der Waals surface area contributed by atoms with Crippen LogP contribution in [0.4, 0.5) is 10.5 Å². The minimum absolute atomic E-state index is 0.0702. The molecule has 34 heavy (non-hydrogen) atoms. The maximum atomic E-state index is 12.9. The molecule has 0 spiro atoms. The van der Waals surface area contributed by atoms with Crippen LogP contribution in [0.5, 0.6) is 0 Å². The van der Waals surface area contributed by atoms with E-state index in [1.807, 2.05) is 24.3 Å². The third-order valence-electron chi connectivity index (χ3n) is 5.38. The van der Waals surface area contributed by atoms with Gasteiger partial charge >= 0.3 is 12.1 Å². The lowest BCUT2D eigenvalue weighted by Gasteiger charge is -2.35. The molecule has 1 saturated heterocycles. The summed E-state index contributed by atoms with van der Waals surface area (Å²) in [5.74, 6) is -0.734. The zero-order chi connectivity index (χ0) is 24.6. The summed E-state index contributed by atoms with van der Waals surface area (Å²) in [6.45, 7) is 5.97. The van der Waals surface area contributed by atoms with Gasteiger partial charge in [0.05, 0.1) is 23.1 Å². The van der Waals surface area contributed by atoms with Crippen molar-refractivity contribution in [1.82, 2.24) is 14.9 Å². The lowest BCUT2D eigenvalue weighted by Crippen LogP contribution is -2.53. The standard InChI is InChI=1S/C24H25ClN4O5/c1-24(2,3)34-23(32)28-8-9-29(18(30)13-28)15-7-5-6-14(10-15)16-11-26-21-19(20(16)25)17(12-27-21)22(31)33-4/h5-7,10-12H,8-9,13H2,1-4H3,(H,26,27). The van der Waals surface area contributed by atoms with Crippen molar-refractivity contribution in [1.29, 1.82) is 0 Å². The summed E-state index contributed by atoms with van der Waals surface area (Å²) in [4.78, 5) is 47.7. The number of methoxy groups -OCH3 is 1. The number of ether oxygens (including phenoxy) is 2. The number of fused-ring (bicyclic) bond motifs is 1. The molecular weight excluding hydrogens is 460 g/mol. The number of rotatable bonds is 3. The Bertz CT molecular complexity index is 1280. The van der Waals surface area contributed by atoms with Crippen LogP contribution < -0.4 is 4.90 Å². The third kappa shape index (κ3) is 4.56. The van der Waals surface area contributed by atoms with Crippen molar-refractivity contribution in [3.8, 4) is 11.1 Å². The molecule has 3 aromatic rings. The first kappa shape index (κ1) is 23.6. The Morgan fingerprint density at radius 3 is 2.65 bits per heavy atom. The molecule has 2 aromatic heterocycles. The van der Waals surface area contributed by atoms with Gasteiger partial charge in [0, 0.05) is 36.7 Å². The smallest absolute Gasteiger partial charge is 0.410 e. The number of aromatic nitrogens is 2. The highest BCUT2D eigenvalue weighted by molar-refractivity contribution is 6.39. The highest BCUT2D eigenvalue weighted by atomic mass is 35.5. The normalized spacial score (nSPS) is 14.4. The van der Waals surface area contributed by atoms with Crippen molar-refractivity contribution >= 4 is 46.3 Å². The second-order valence-electron chi connectivity index (χ2n) is 8.90. The maximum Gasteiger partial charge on any atom is 0.410 e. The molecule has 1 fully saturated rings. The van der Waals surface area contributed by atoms with Crippen LogP contribution in [0.2, 0.25) is 5.02 Å². The fraction of sp³-hybridized carbons (Fsp3) is 0.333. The molecule has 2 amide bonds. The minimum Gasteiger partial charge on any atom is -0.465 e. The molecule has 1 aliphatic rings. The van der Waals surface area contributed by atoms with Crippen molar-refractivity contribution < 1.29 is 23.9 Å². The van der Waals surface area contributed by atoms with Gasteiger partial charge in [0.25, 0.3) is 0 Å². The average molecular weight is 485 g/mol. The van der Waals surface area contributed by atoms with Gasteiger partial charge in [-0.05, 0) is 38.5 Å². The molecule has 4 rings (SSSR count). The third-order valence-corrected chi connectivity index (χ3v) is 5.78. The zero-order valence-corrected chi connectivity index (χ0v) is 20.1. The van der Waals surface area contributed by atoms with Crippen molar-refractivity contribution in [2.24, 2.45) is 0 Å². The van der Waals surface area contributed by atoms with Gasteiger partial charge in [-0.15, -0.1) is 0 Å². The molecule has 0 aliphatic carbocycles. The Morgan fingerprint density at radius 2 is 1.97 bits per heavy atom. The molecule has 10 heteroatoms. The van der Waals surface area contributed by atoms with Crippen LogP contribution in [0.25, 0.3) is 22.2 Å². The number of hydrogen-bond donors (Lipinski definition) is 1. The van der Waals surface area contributed by atoms with Gasteiger partial charge < -0.3 is 19.4 Å². The quantitative estimate of drug-likeness (QED) is 0.557. The molecule has 9 nitrogen and oxygen atoms in total. The van der Waals surface area contributed by atoms with Gasteiger partial charge in [0.1, 0.15) is 17.8 Å². The van der Waals surface area contributed by atoms with Crippen molar-refractivity contribution in [2.75, 3.05) is 31.6 Å². The van der Waals surface area contributed by atoms with Gasteiger partial charge in [-0.3, -0.25) is 9.69 Å². The summed E-state index contributed by atoms with van der Waals surface area (Å²) in [6, 6.07) is 7.32. The molecule has 0 atom stereocenters. The Balaban J connectivity index is 1.60. The SMILES string of the molecule is COC(=O)c1c[nH]c2ncc(-c3cccc(N4CCN(C(=O)OC(C)(C)C)CC4=O)c3)c(Cl)c12. The first-order chi connectivity index (χ1) is 16.1. The Morgan fingerprint density at radius 1 is 1.21 bits per heavy atom. The van der Waals surface area contributed by atoms with E-state index in [0.717, 1.165) is 5.56 Å². The number of H-pyrrole nitrogens is 1. The number of nitrogens with one attached hydrogen (secondary N) is 1. The van der Waals surface area contributed by atoms with Crippen LogP contribution in [-0.4, -0.2) is 65.2 Å². The number of benzene rings is 1. The Kier molecular flexibility index (Phi) is 6.22. The monoisotopic (exact) mass is 484 g/mol. The minimum atomic E-state index is -0.632. The first-order valence-electron chi connectivity index (χ1n) is 10.7. The summed E-state index contributed by atoms with van der Waals surface area (Å²) in [5.41, 5.74) is 2.15. The van der Waals surface area contributed by atoms with Crippen LogP contribution in [0.3, 0.4) is 0 Å². The zero-order valence-electron chi connectivity index (χ0n) is 19.3. The lowest BCUT2D eigenvalue weighted by atomic mass is 10.0. The van der Waals surface area contributed by atoms with Crippen LogP contribution in [0.1, 0.15) is 31.1 Å². The van der Waals surface area contributed by atoms with Gasteiger partial charge in [0.15, 0.2) is 0 Å². The fourth-order valence-electron chi connectivity index (χ4n) is 3.80. The predicted octanol–water partition coefficient (Wildman–Crippen LogP) is 4.25. The van der Waals surface area contributed by atoms with Crippen LogP contribution in [0.15, 0.2) is 36.7 Å². The average Bonchev–Trinajstić information content (AvgIpc) is 3.23. The van der Waals surface area contributed by atoms with E-state index in [0.29, 0.717) is 46.0 Å². The highest BCUT2D eigenvalue weighted by Crippen LogP contribution is 2.36. The second kappa shape index (κ2) is 8.98. The number of aromatic amines is 1. The van der Waals surface area contributed by atoms with Crippen LogP contribution in [0, 0.1) is 0 Å². The number of nitrogens with zero attached hydrogens (tertiary/aromatic N) is 3. The number of esters is 1. The summed E-state index contributed by atoms with van der Waals surface area (Å²) >= 11 is 6.69. The maximum absolute atomic E-state index is 12.9. The Hall–Kier alpha value is -3.59. The molecular formula is C24H25ClN4O5. The Labute approximate surface area is 201 Å². The predicted molar refractivity (Wildman–Crippen MR) is 128 cm³/mol. The number of amides is 2. The van der Waals surface area contributed by atoms with Gasteiger partial charge in [-0.2, -0.15) is 0 Å². The second-order valence-corrected chi connectivity index (χ2v) is 9.28. The highest BCUT2D eigenvalue weighted by Gasteiger charge is 2.31. The molecule has 1 N–H and O–H groups in total. The number of halogens is 1. The molecule has 3 heterocycles. The van der Waals surface area contributed by atoms with E-state index in [2.05, 4.69) is 9.97 Å². The van der Waals surface area contributed by atoms with E-state index in [1.165, 1.54) is 18.2 Å². The van der Waals surface area contributed by atoms with E-state index in [4.69, 9.17) is 21.1 Å². The topological polar surface area (TPSA) is 105 Å². The lowest BCUT2D eigenvalue weighted by molar-refractivity contribution is -0.121. The van der Waals surface area contributed by atoms with Crippen LogP contribution >= 0.6 is 11.6 Å². The number of carbonyl (C=O) groups is 3. The molecule has 0 bridgehead atoms. The van der Waals surface area contributed by atoms with Gasteiger partial charge in [-0.25, -0.2) is 14.6 Å². The van der Waals surface area contributed by atoms with E-state index >= 15 is 0 Å². The number of carbonyl (C=O) groups excluding carboxylic acids is 3. The van der Waals surface area contributed by atoms with E-state index in [-0.39, 0.29) is 12.5 Å². The molecule has 178 valence electrons. The first-order valence-corrected chi connectivity index (χ1v) is 11.1. The summed E-state index contributed by atoms with van der Waals surface area (Å²) in [5, 5.41) is 0.823. The van der Waals surface area contributed by atoms with Crippen LogP contribution in [-0.2, 0) is 14.3 Å². The molecule has 1 aliphatic heterocycles. The van der Waals surface area contributed by atoms with E-state index in [1.54, 1.807) is 31.9 Å². The molecule has 0 unspecified atom stereocenters. The molecule has 0 saturated carbocycles. The number of piperazine rings is 1. The molecule has 0 radical (unpaired) electrons. The fourth-order valence-corrected chi connectivity index (χ4v) is 4.15. The number of pyridine rings is 1. The molecule has 1 aromatic carbocycles. The summed E-state index contributed by atoms with van der Waals surface area (Å²) in [6.07, 6.45) is 2.62. The van der Waals surface area contributed by atoms with Gasteiger partial charge in [-0.1, -0.05) is 23.7 Å². The van der Waals surface area contributed by atoms with Crippen molar-refractivity contribution in [2.45, 2.75) is 26.4 Å². The largest absolute Gasteiger partial charge is 0.465 e. The summed E-state index contributed by atoms with van der Waals surface area (Å²) < 4.78 is 10.2. The van der Waals surface area contributed by atoms with Crippen molar-refractivity contribution in [3.63, 3.8) is 0 Å². The van der Waals surface area contributed by atoms with E-state index < -0.39 is 17.7 Å². The summed E-state index contributed by atoms with van der Waals surface area (Å²) in [7, 11) is 1.30. The van der Waals surface area contributed by atoms with Crippen molar-refractivity contribution in [3.05, 3.63) is 47.2 Å². The number of hydrogen-bond acceptors (Lipinski definition) is 6. The van der Waals surface area contributed by atoms with E-state index in [9.17, 15) is 14.4 Å². The van der Waals surface area contributed by atoms with Gasteiger partial charge in [0.2, 0.25) is 5.91 Å².